The lowest BCUT2D eigenvalue weighted by atomic mass is 10.2. The number of likely N-dealkylation sites (tertiary alicyclic amines) is 1. The number of rotatable bonds is 7. The first-order valence-corrected chi connectivity index (χ1v) is 10.6. The van der Waals surface area contributed by atoms with Crippen LogP contribution in [0.5, 0.6) is 0 Å². The highest BCUT2D eigenvalue weighted by atomic mass is 32.1. The van der Waals surface area contributed by atoms with Crippen molar-refractivity contribution >= 4 is 29.1 Å². The standard InChI is InChI=1S/C22H23N5O2S/c28-21(26-29)9-7-16-6-8-20(23-12-16)24-18-10-11-27(13-18)14-19-15-30-22(25-19)17-4-2-1-3-5-17/h1-9,12,15,18,29H,10-11,13-14H2,(H,23,24)(H,26,28)/b9-7+/t18-/m1/s1. The van der Waals surface area contributed by atoms with E-state index in [2.05, 4.69) is 32.7 Å². The molecule has 8 heteroatoms. The first kappa shape index (κ1) is 20.2. The van der Waals surface area contributed by atoms with Crippen molar-refractivity contribution in [1.29, 1.82) is 0 Å². The van der Waals surface area contributed by atoms with Crippen molar-refractivity contribution in [2.75, 3.05) is 18.4 Å². The maximum absolute atomic E-state index is 11.0. The van der Waals surface area contributed by atoms with Gasteiger partial charge in [-0.2, -0.15) is 0 Å². The molecule has 154 valence electrons. The van der Waals surface area contributed by atoms with Crippen LogP contribution in [0.2, 0.25) is 0 Å². The number of benzene rings is 1. The fraction of sp³-hybridized carbons (Fsp3) is 0.227. The SMILES string of the molecule is O=C(/C=C/c1ccc(N[C@@H]2CCN(Cc3csc(-c4ccccc4)n3)C2)nc1)NO. The van der Waals surface area contributed by atoms with Gasteiger partial charge < -0.3 is 5.32 Å². The predicted molar refractivity (Wildman–Crippen MR) is 118 cm³/mol. The van der Waals surface area contributed by atoms with E-state index >= 15 is 0 Å². The number of anilines is 1. The Morgan fingerprint density at radius 2 is 2.13 bits per heavy atom. The molecule has 0 radical (unpaired) electrons. The van der Waals surface area contributed by atoms with Crippen LogP contribution < -0.4 is 10.8 Å². The van der Waals surface area contributed by atoms with Crippen LogP contribution in [0.15, 0.2) is 60.1 Å². The van der Waals surface area contributed by atoms with Crippen LogP contribution in [0.1, 0.15) is 17.7 Å². The quantitative estimate of drug-likeness (QED) is 0.308. The number of hydroxylamine groups is 1. The lowest BCUT2D eigenvalue weighted by Gasteiger charge is -2.16. The van der Waals surface area contributed by atoms with Crippen molar-refractivity contribution in [3.05, 3.63) is 71.4 Å². The first-order chi connectivity index (χ1) is 14.7. The number of carbonyl (C=O) groups is 1. The zero-order valence-electron chi connectivity index (χ0n) is 16.4. The average Bonchev–Trinajstić information content (AvgIpc) is 3.43. The summed E-state index contributed by atoms with van der Waals surface area (Å²) in [6, 6.07) is 14.4. The third-order valence-corrected chi connectivity index (χ3v) is 5.85. The Morgan fingerprint density at radius 3 is 2.90 bits per heavy atom. The minimum atomic E-state index is -0.570. The summed E-state index contributed by atoms with van der Waals surface area (Å²) in [4.78, 5) is 22.6. The number of amides is 1. The summed E-state index contributed by atoms with van der Waals surface area (Å²) in [5, 5.41) is 15.2. The van der Waals surface area contributed by atoms with E-state index in [1.54, 1.807) is 29.1 Å². The zero-order valence-corrected chi connectivity index (χ0v) is 17.2. The molecule has 3 heterocycles. The molecule has 0 bridgehead atoms. The van der Waals surface area contributed by atoms with Gasteiger partial charge in [0.25, 0.3) is 5.91 Å². The van der Waals surface area contributed by atoms with E-state index in [0.29, 0.717) is 6.04 Å². The van der Waals surface area contributed by atoms with Crippen molar-refractivity contribution in [3.8, 4) is 10.6 Å². The maximum atomic E-state index is 11.0. The molecule has 0 spiro atoms. The molecule has 3 aromatic rings. The van der Waals surface area contributed by atoms with E-state index < -0.39 is 5.91 Å². The van der Waals surface area contributed by atoms with Gasteiger partial charge in [-0.25, -0.2) is 15.4 Å². The minimum Gasteiger partial charge on any atom is -0.366 e. The highest BCUT2D eigenvalue weighted by Gasteiger charge is 2.23. The third-order valence-electron chi connectivity index (χ3n) is 4.91. The molecular weight excluding hydrogens is 398 g/mol. The molecule has 30 heavy (non-hydrogen) atoms. The van der Waals surface area contributed by atoms with Gasteiger partial charge in [0.05, 0.1) is 5.69 Å². The predicted octanol–water partition coefficient (Wildman–Crippen LogP) is 3.41. The molecule has 2 aromatic heterocycles. The lowest BCUT2D eigenvalue weighted by molar-refractivity contribution is -0.124. The molecular formula is C22H23N5O2S. The number of aromatic nitrogens is 2. The van der Waals surface area contributed by atoms with E-state index in [1.807, 2.05) is 30.3 Å². The van der Waals surface area contributed by atoms with Crippen LogP contribution in [-0.2, 0) is 11.3 Å². The zero-order chi connectivity index (χ0) is 20.8. The van der Waals surface area contributed by atoms with E-state index in [0.717, 1.165) is 53.7 Å². The number of thiazole rings is 1. The number of pyridine rings is 1. The number of carbonyl (C=O) groups excluding carboxylic acids is 1. The Labute approximate surface area is 179 Å². The smallest absolute Gasteiger partial charge is 0.267 e. The van der Waals surface area contributed by atoms with E-state index in [4.69, 9.17) is 10.2 Å². The molecule has 1 aliphatic rings. The van der Waals surface area contributed by atoms with Crippen LogP contribution in [0, 0.1) is 0 Å². The second-order valence-electron chi connectivity index (χ2n) is 7.16. The van der Waals surface area contributed by atoms with Gasteiger partial charge in [0.15, 0.2) is 0 Å². The Bertz CT molecular complexity index is 1000. The number of hydrogen-bond donors (Lipinski definition) is 3. The molecule has 0 saturated carbocycles. The van der Waals surface area contributed by atoms with Crippen LogP contribution >= 0.6 is 11.3 Å². The van der Waals surface area contributed by atoms with Crippen molar-refractivity contribution in [1.82, 2.24) is 20.3 Å². The van der Waals surface area contributed by atoms with Gasteiger partial charge in [-0.05, 0) is 30.2 Å². The molecule has 3 N–H and O–H groups in total. The molecule has 1 saturated heterocycles. The van der Waals surface area contributed by atoms with Crippen molar-refractivity contribution in [3.63, 3.8) is 0 Å². The van der Waals surface area contributed by atoms with Crippen LogP contribution in [0.4, 0.5) is 5.82 Å². The molecule has 0 aliphatic carbocycles. The van der Waals surface area contributed by atoms with Gasteiger partial charge in [0.2, 0.25) is 0 Å². The van der Waals surface area contributed by atoms with Gasteiger partial charge >= 0.3 is 0 Å². The Hall–Kier alpha value is -3.07. The van der Waals surface area contributed by atoms with Crippen molar-refractivity contribution < 1.29 is 10.0 Å². The normalized spacial score (nSPS) is 16.8. The average molecular weight is 422 g/mol. The second-order valence-corrected chi connectivity index (χ2v) is 8.02. The van der Waals surface area contributed by atoms with Crippen LogP contribution in [0.25, 0.3) is 16.6 Å². The summed E-state index contributed by atoms with van der Waals surface area (Å²) >= 11 is 1.69. The molecule has 1 fully saturated rings. The third kappa shape index (κ3) is 5.29. The monoisotopic (exact) mass is 421 g/mol. The molecule has 0 unspecified atom stereocenters. The molecule has 7 nitrogen and oxygen atoms in total. The van der Waals surface area contributed by atoms with Gasteiger partial charge in [-0.15, -0.1) is 11.3 Å². The molecule has 1 amide bonds. The van der Waals surface area contributed by atoms with Gasteiger partial charge in [0.1, 0.15) is 10.8 Å². The maximum Gasteiger partial charge on any atom is 0.267 e. The van der Waals surface area contributed by atoms with E-state index in [1.165, 1.54) is 6.08 Å². The lowest BCUT2D eigenvalue weighted by Crippen LogP contribution is -2.26. The topological polar surface area (TPSA) is 90.4 Å². The second kappa shape index (κ2) is 9.62. The van der Waals surface area contributed by atoms with Crippen molar-refractivity contribution in [2.45, 2.75) is 19.0 Å². The summed E-state index contributed by atoms with van der Waals surface area (Å²) in [6.07, 6.45) is 5.59. The van der Waals surface area contributed by atoms with Crippen LogP contribution in [0.3, 0.4) is 0 Å². The number of nitrogens with one attached hydrogen (secondary N) is 2. The molecule has 1 atom stereocenters. The molecule has 1 aliphatic heterocycles. The summed E-state index contributed by atoms with van der Waals surface area (Å²) < 4.78 is 0. The largest absolute Gasteiger partial charge is 0.366 e. The highest BCUT2D eigenvalue weighted by Crippen LogP contribution is 2.25. The number of nitrogens with zero attached hydrogens (tertiary/aromatic N) is 3. The summed E-state index contributed by atoms with van der Waals surface area (Å²) in [5.41, 5.74) is 4.62. The summed E-state index contributed by atoms with van der Waals surface area (Å²) in [5.74, 6) is 0.241. The summed E-state index contributed by atoms with van der Waals surface area (Å²) in [6.45, 7) is 2.82. The van der Waals surface area contributed by atoms with Crippen LogP contribution in [-0.4, -0.2) is 45.1 Å². The van der Waals surface area contributed by atoms with E-state index in [9.17, 15) is 4.79 Å². The first-order valence-electron chi connectivity index (χ1n) is 9.76. The van der Waals surface area contributed by atoms with Gasteiger partial charge in [-0.3, -0.25) is 14.9 Å². The Balaban J connectivity index is 1.28. The minimum absolute atomic E-state index is 0.339. The van der Waals surface area contributed by atoms with Gasteiger partial charge in [0, 0.05) is 48.9 Å². The fourth-order valence-corrected chi connectivity index (χ4v) is 4.24. The van der Waals surface area contributed by atoms with Gasteiger partial charge in [-0.1, -0.05) is 30.3 Å². The molecule has 1 aromatic carbocycles. The van der Waals surface area contributed by atoms with E-state index in [-0.39, 0.29) is 0 Å². The Kier molecular flexibility index (Phi) is 6.48. The van der Waals surface area contributed by atoms with Crippen molar-refractivity contribution in [2.24, 2.45) is 0 Å². The Morgan fingerprint density at radius 1 is 1.27 bits per heavy atom. The number of hydrogen-bond acceptors (Lipinski definition) is 7. The fourth-order valence-electron chi connectivity index (χ4n) is 3.42. The summed E-state index contributed by atoms with van der Waals surface area (Å²) in [7, 11) is 0. The molecule has 4 rings (SSSR count). The highest BCUT2D eigenvalue weighted by molar-refractivity contribution is 7.13.